The molecule has 1 N–H and O–H groups in total. The summed E-state index contributed by atoms with van der Waals surface area (Å²) in [6, 6.07) is 10.1. The van der Waals surface area contributed by atoms with Gasteiger partial charge in [0.1, 0.15) is 10.8 Å². The highest BCUT2D eigenvalue weighted by Crippen LogP contribution is 2.19. The molecule has 0 saturated heterocycles. The predicted octanol–water partition coefficient (Wildman–Crippen LogP) is 2.28. The SMILES string of the molecule is Cc1nc2sc(Cc3ccccc3)nc2c(=O)[nH]1. The highest BCUT2D eigenvalue weighted by Gasteiger charge is 2.09. The van der Waals surface area contributed by atoms with Gasteiger partial charge in [-0.25, -0.2) is 9.97 Å². The standard InChI is InChI=1S/C13H11N3OS/c1-8-14-12(17)11-13(15-8)18-10(16-11)7-9-5-3-2-4-6-9/h2-6H,7H2,1H3,(H,14,15,17). The van der Waals surface area contributed by atoms with E-state index < -0.39 is 0 Å². The smallest absolute Gasteiger partial charge is 0.278 e. The molecule has 3 rings (SSSR count). The first kappa shape index (κ1) is 11.1. The maximum absolute atomic E-state index is 11.7. The van der Waals surface area contributed by atoms with Gasteiger partial charge in [-0.05, 0) is 12.5 Å². The van der Waals surface area contributed by atoms with Crippen molar-refractivity contribution in [3.63, 3.8) is 0 Å². The van der Waals surface area contributed by atoms with E-state index in [-0.39, 0.29) is 5.56 Å². The van der Waals surface area contributed by atoms with Crippen molar-refractivity contribution < 1.29 is 0 Å². The van der Waals surface area contributed by atoms with Crippen LogP contribution in [0.5, 0.6) is 0 Å². The highest BCUT2D eigenvalue weighted by atomic mass is 32.1. The Bertz CT molecular complexity index is 746. The van der Waals surface area contributed by atoms with E-state index in [0.717, 1.165) is 11.4 Å². The van der Waals surface area contributed by atoms with Gasteiger partial charge >= 0.3 is 0 Å². The highest BCUT2D eigenvalue weighted by molar-refractivity contribution is 7.18. The van der Waals surface area contributed by atoms with Gasteiger partial charge in [0.15, 0.2) is 10.3 Å². The Morgan fingerprint density at radius 1 is 1.22 bits per heavy atom. The van der Waals surface area contributed by atoms with Crippen LogP contribution >= 0.6 is 11.3 Å². The second-order valence-electron chi connectivity index (χ2n) is 4.08. The number of rotatable bonds is 2. The van der Waals surface area contributed by atoms with Crippen molar-refractivity contribution in [2.45, 2.75) is 13.3 Å². The van der Waals surface area contributed by atoms with Crippen LogP contribution in [0.4, 0.5) is 0 Å². The van der Waals surface area contributed by atoms with Crippen molar-refractivity contribution in [1.29, 1.82) is 0 Å². The summed E-state index contributed by atoms with van der Waals surface area (Å²) in [5.74, 6) is 0.627. The van der Waals surface area contributed by atoms with Crippen molar-refractivity contribution >= 4 is 21.7 Å². The third kappa shape index (κ3) is 2.04. The molecule has 0 bridgehead atoms. The van der Waals surface area contributed by atoms with Crippen LogP contribution in [0.1, 0.15) is 16.4 Å². The number of hydrogen-bond donors (Lipinski definition) is 1. The number of hydrogen-bond acceptors (Lipinski definition) is 4. The molecule has 90 valence electrons. The summed E-state index contributed by atoms with van der Waals surface area (Å²) >= 11 is 1.48. The van der Waals surface area contributed by atoms with E-state index in [2.05, 4.69) is 27.1 Å². The fourth-order valence-corrected chi connectivity index (χ4v) is 2.85. The Morgan fingerprint density at radius 3 is 2.78 bits per heavy atom. The molecule has 3 aromatic rings. The maximum atomic E-state index is 11.7. The summed E-state index contributed by atoms with van der Waals surface area (Å²) in [7, 11) is 0. The molecule has 0 aliphatic carbocycles. The van der Waals surface area contributed by atoms with E-state index in [4.69, 9.17) is 0 Å². The summed E-state index contributed by atoms with van der Waals surface area (Å²) in [4.78, 5) is 23.8. The number of fused-ring (bicyclic) bond motifs is 1. The predicted molar refractivity (Wildman–Crippen MR) is 72.0 cm³/mol. The molecule has 5 heteroatoms. The van der Waals surface area contributed by atoms with Crippen LogP contribution in [0.2, 0.25) is 0 Å². The normalized spacial score (nSPS) is 10.9. The van der Waals surface area contributed by atoms with Crippen LogP contribution in [0.3, 0.4) is 0 Å². The number of nitrogens with one attached hydrogen (secondary N) is 1. The largest absolute Gasteiger partial charge is 0.309 e. The van der Waals surface area contributed by atoms with E-state index in [0.29, 0.717) is 16.2 Å². The maximum Gasteiger partial charge on any atom is 0.278 e. The van der Waals surface area contributed by atoms with Gasteiger partial charge in [-0.15, -0.1) is 0 Å². The van der Waals surface area contributed by atoms with Crippen LogP contribution in [0.25, 0.3) is 10.3 Å². The van der Waals surface area contributed by atoms with Crippen molar-refractivity contribution in [3.8, 4) is 0 Å². The fourth-order valence-electron chi connectivity index (χ4n) is 1.83. The van der Waals surface area contributed by atoms with Crippen molar-refractivity contribution in [2.24, 2.45) is 0 Å². The first-order chi connectivity index (χ1) is 8.72. The Labute approximate surface area is 107 Å². The lowest BCUT2D eigenvalue weighted by atomic mass is 10.2. The molecule has 0 spiro atoms. The summed E-state index contributed by atoms with van der Waals surface area (Å²) < 4.78 is 0. The zero-order valence-electron chi connectivity index (χ0n) is 9.80. The number of H-pyrrole nitrogens is 1. The van der Waals surface area contributed by atoms with E-state index in [1.54, 1.807) is 6.92 Å². The first-order valence-corrected chi connectivity index (χ1v) is 6.44. The molecule has 0 fully saturated rings. The van der Waals surface area contributed by atoms with Crippen molar-refractivity contribution in [1.82, 2.24) is 15.0 Å². The lowest BCUT2D eigenvalue weighted by Gasteiger charge is -1.95. The Morgan fingerprint density at radius 2 is 2.00 bits per heavy atom. The fraction of sp³-hybridized carbons (Fsp3) is 0.154. The third-order valence-electron chi connectivity index (χ3n) is 2.63. The number of aryl methyl sites for hydroxylation is 1. The average Bonchev–Trinajstić information content (AvgIpc) is 2.73. The van der Waals surface area contributed by atoms with Crippen molar-refractivity contribution in [2.75, 3.05) is 0 Å². The minimum Gasteiger partial charge on any atom is -0.309 e. The number of aromatic nitrogens is 3. The topological polar surface area (TPSA) is 58.6 Å². The lowest BCUT2D eigenvalue weighted by molar-refractivity contribution is 1.05. The van der Waals surface area contributed by atoms with Gasteiger partial charge in [0.25, 0.3) is 5.56 Å². The summed E-state index contributed by atoms with van der Waals surface area (Å²) in [5, 5.41) is 0.916. The lowest BCUT2D eigenvalue weighted by Crippen LogP contribution is -2.09. The second-order valence-corrected chi connectivity index (χ2v) is 5.14. The molecule has 0 aliphatic heterocycles. The van der Waals surface area contributed by atoms with E-state index in [9.17, 15) is 4.79 Å². The molecule has 0 aliphatic rings. The zero-order valence-corrected chi connectivity index (χ0v) is 10.6. The van der Waals surface area contributed by atoms with E-state index >= 15 is 0 Å². The molecule has 2 heterocycles. The number of nitrogens with zero attached hydrogens (tertiary/aromatic N) is 2. The molecular formula is C13H11N3OS. The monoisotopic (exact) mass is 257 g/mol. The number of benzene rings is 1. The zero-order chi connectivity index (χ0) is 12.5. The molecule has 0 saturated carbocycles. The van der Waals surface area contributed by atoms with Crippen LogP contribution in [-0.2, 0) is 6.42 Å². The van der Waals surface area contributed by atoms with Gasteiger partial charge in [-0.1, -0.05) is 41.7 Å². The number of aromatic amines is 1. The minimum atomic E-state index is -0.159. The molecular weight excluding hydrogens is 246 g/mol. The molecule has 0 amide bonds. The molecule has 2 aromatic heterocycles. The van der Waals surface area contributed by atoms with Crippen LogP contribution in [0.15, 0.2) is 35.1 Å². The van der Waals surface area contributed by atoms with Gasteiger partial charge in [-0.2, -0.15) is 0 Å². The van der Waals surface area contributed by atoms with E-state index in [1.165, 1.54) is 16.9 Å². The molecule has 1 aromatic carbocycles. The quantitative estimate of drug-likeness (QED) is 0.766. The third-order valence-corrected chi connectivity index (χ3v) is 3.58. The Hall–Kier alpha value is -2.01. The summed E-state index contributed by atoms with van der Waals surface area (Å²) in [6.45, 7) is 1.78. The minimum absolute atomic E-state index is 0.159. The average molecular weight is 257 g/mol. The van der Waals surface area contributed by atoms with E-state index in [1.807, 2.05) is 18.2 Å². The molecule has 0 radical (unpaired) electrons. The van der Waals surface area contributed by atoms with Crippen LogP contribution < -0.4 is 5.56 Å². The van der Waals surface area contributed by atoms with Crippen LogP contribution in [0, 0.1) is 6.92 Å². The van der Waals surface area contributed by atoms with Gasteiger partial charge in [0, 0.05) is 6.42 Å². The van der Waals surface area contributed by atoms with Crippen LogP contribution in [-0.4, -0.2) is 15.0 Å². The Balaban J connectivity index is 2.04. The summed E-state index contributed by atoms with van der Waals surface area (Å²) in [5.41, 5.74) is 1.47. The first-order valence-electron chi connectivity index (χ1n) is 5.62. The molecule has 0 atom stereocenters. The number of thiazole rings is 1. The molecule has 4 nitrogen and oxygen atoms in total. The Kier molecular flexibility index (Phi) is 2.68. The van der Waals surface area contributed by atoms with Gasteiger partial charge in [-0.3, -0.25) is 4.79 Å². The summed E-state index contributed by atoms with van der Waals surface area (Å²) in [6.07, 6.45) is 0.736. The van der Waals surface area contributed by atoms with Crippen molar-refractivity contribution in [3.05, 3.63) is 57.1 Å². The molecule has 0 unspecified atom stereocenters. The second kappa shape index (κ2) is 4.34. The van der Waals surface area contributed by atoms with Gasteiger partial charge in [0.2, 0.25) is 0 Å². The van der Waals surface area contributed by atoms with Gasteiger partial charge in [0.05, 0.1) is 0 Å². The molecule has 18 heavy (non-hydrogen) atoms. The van der Waals surface area contributed by atoms with Gasteiger partial charge < -0.3 is 4.98 Å².